The Morgan fingerprint density at radius 1 is 0.788 bits per heavy atom. The van der Waals surface area contributed by atoms with E-state index in [1.54, 1.807) is 0 Å². The van der Waals surface area contributed by atoms with Crippen molar-refractivity contribution in [1.82, 2.24) is 25.1 Å². The van der Waals surface area contributed by atoms with Crippen molar-refractivity contribution in [3.8, 4) is 0 Å². The molecule has 2 aliphatic rings. The van der Waals surface area contributed by atoms with Crippen LogP contribution >= 0.6 is 0 Å². The number of rotatable bonds is 5. The summed E-state index contributed by atoms with van der Waals surface area (Å²) in [7, 11) is 0. The number of benzene rings is 2. The Bertz CT molecular complexity index is 1270. The van der Waals surface area contributed by atoms with Crippen molar-refractivity contribution in [1.29, 1.82) is 0 Å². The average molecular weight is 442 g/mol. The van der Waals surface area contributed by atoms with E-state index >= 15 is 0 Å². The van der Waals surface area contributed by atoms with E-state index in [1.807, 2.05) is 60.9 Å². The molecule has 4 heterocycles. The Labute approximate surface area is 191 Å². The summed E-state index contributed by atoms with van der Waals surface area (Å²) in [5.74, 6) is -0.233. The van der Waals surface area contributed by atoms with Gasteiger partial charge in [-0.1, -0.05) is 36.4 Å². The molecule has 6 rings (SSSR count). The standard InChI is InChI=1S/C26H27N5O2/c32-24-15-26(20-16-28-22-7-3-1-5-18(20)22,21-17-29-23-8-4-2-6-19(21)23)25(33)31(24)14-13-30-11-9-27-10-12-30/h1-8,16-17,27-29H,9-15H2. The van der Waals surface area contributed by atoms with Gasteiger partial charge in [0.05, 0.1) is 6.42 Å². The molecule has 2 aliphatic heterocycles. The lowest BCUT2D eigenvalue weighted by Crippen LogP contribution is -2.48. The third kappa shape index (κ3) is 3.11. The van der Waals surface area contributed by atoms with Crippen LogP contribution in [0.4, 0.5) is 0 Å². The summed E-state index contributed by atoms with van der Waals surface area (Å²) in [4.78, 5) is 38.1. The fourth-order valence-corrected chi connectivity index (χ4v) is 5.56. The van der Waals surface area contributed by atoms with Gasteiger partial charge in [-0.05, 0) is 23.3 Å². The molecule has 2 aromatic carbocycles. The molecule has 0 radical (unpaired) electrons. The van der Waals surface area contributed by atoms with E-state index in [0.717, 1.165) is 59.1 Å². The van der Waals surface area contributed by atoms with Gasteiger partial charge >= 0.3 is 0 Å². The molecule has 33 heavy (non-hydrogen) atoms. The van der Waals surface area contributed by atoms with Crippen molar-refractivity contribution in [2.75, 3.05) is 39.3 Å². The van der Waals surface area contributed by atoms with Crippen molar-refractivity contribution < 1.29 is 9.59 Å². The van der Waals surface area contributed by atoms with Crippen LogP contribution in [0.5, 0.6) is 0 Å². The third-order valence-corrected chi connectivity index (χ3v) is 7.28. The smallest absolute Gasteiger partial charge is 0.245 e. The maximum atomic E-state index is 14.2. The Balaban J connectivity index is 1.47. The number of likely N-dealkylation sites (tertiary alicyclic amines) is 1. The van der Waals surface area contributed by atoms with Crippen molar-refractivity contribution in [3.63, 3.8) is 0 Å². The van der Waals surface area contributed by atoms with Gasteiger partial charge in [-0.3, -0.25) is 19.4 Å². The molecule has 3 N–H and O–H groups in total. The molecule has 4 aromatic rings. The van der Waals surface area contributed by atoms with Crippen LogP contribution in [-0.2, 0) is 15.0 Å². The molecule has 0 spiro atoms. The molecule has 7 heteroatoms. The second-order valence-electron chi connectivity index (χ2n) is 9.02. The highest BCUT2D eigenvalue weighted by Gasteiger charge is 2.55. The molecule has 0 bridgehead atoms. The van der Waals surface area contributed by atoms with Crippen LogP contribution in [0, 0.1) is 0 Å². The lowest BCUT2D eigenvalue weighted by molar-refractivity contribution is -0.139. The minimum atomic E-state index is -1.06. The van der Waals surface area contributed by atoms with Crippen LogP contribution < -0.4 is 5.32 Å². The second kappa shape index (κ2) is 7.86. The van der Waals surface area contributed by atoms with Crippen LogP contribution in [-0.4, -0.2) is 70.9 Å². The Morgan fingerprint density at radius 3 is 1.97 bits per heavy atom. The second-order valence-corrected chi connectivity index (χ2v) is 9.02. The molecule has 0 saturated carbocycles. The van der Waals surface area contributed by atoms with Crippen LogP contribution in [0.15, 0.2) is 60.9 Å². The van der Waals surface area contributed by atoms with Crippen LogP contribution in [0.1, 0.15) is 17.5 Å². The van der Waals surface area contributed by atoms with E-state index in [4.69, 9.17) is 0 Å². The highest BCUT2D eigenvalue weighted by atomic mass is 16.2. The van der Waals surface area contributed by atoms with Gasteiger partial charge in [0.1, 0.15) is 5.41 Å². The molecule has 0 unspecified atom stereocenters. The quantitative estimate of drug-likeness (QED) is 0.416. The first-order chi connectivity index (χ1) is 16.2. The molecule has 2 aromatic heterocycles. The summed E-state index contributed by atoms with van der Waals surface area (Å²) < 4.78 is 0. The van der Waals surface area contributed by atoms with Gasteiger partial charge in [0.25, 0.3) is 0 Å². The summed E-state index contributed by atoms with van der Waals surface area (Å²) >= 11 is 0. The van der Waals surface area contributed by atoms with Crippen molar-refractivity contribution >= 4 is 33.6 Å². The van der Waals surface area contributed by atoms with E-state index in [0.29, 0.717) is 13.1 Å². The normalized spacial score (nSPS) is 19.2. The number of aromatic amines is 2. The first-order valence-electron chi connectivity index (χ1n) is 11.6. The van der Waals surface area contributed by atoms with Crippen LogP contribution in [0.2, 0.25) is 0 Å². The zero-order valence-corrected chi connectivity index (χ0v) is 18.4. The van der Waals surface area contributed by atoms with Gasteiger partial charge in [-0.15, -0.1) is 0 Å². The van der Waals surface area contributed by atoms with Gasteiger partial charge in [-0.2, -0.15) is 0 Å². The molecule has 0 aliphatic carbocycles. The van der Waals surface area contributed by atoms with Gasteiger partial charge < -0.3 is 15.3 Å². The summed E-state index contributed by atoms with van der Waals surface area (Å²) in [5.41, 5.74) is 2.61. The Hall–Kier alpha value is -3.42. The number of fused-ring (bicyclic) bond motifs is 2. The molecule has 2 fully saturated rings. The van der Waals surface area contributed by atoms with Gasteiger partial charge in [0, 0.05) is 73.5 Å². The fraction of sp³-hybridized carbons (Fsp3) is 0.308. The number of nitrogens with zero attached hydrogens (tertiary/aromatic N) is 2. The lowest BCUT2D eigenvalue weighted by Gasteiger charge is -2.30. The number of piperazine rings is 1. The molecular weight excluding hydrogens is 414 g/mol. The zero-order chi connectivity index (χ0) is 22.4. The topological polar surface area (TPSA) is 84.2 Å². The number of carbonyl (C=O) groups is 2. The summed E-state index contributed by atoms with van der Waals surface area (Å²) in [6.45, 7) is 4.88. The molecule has 2 saturated heterocycles. The number of hydrogen-bond acceptors (Lipinski definition) is 4. The third-order valence-electron chi connectivity index (χ3n) is 7.28. The minimum absolute atomic E-state index is 0.106. The van der Waals surface area contributed by atoms with Crippen LogP contribution in [0.25, 0.3) is 21.8 Å². The van der Waals surface area contributed by atoms with Crippen molar-refractivity contribution in [2.24, 2.45) is 0 Å². The number of imide groups is 1. The van der Waals surface area contributed by atoms with Gasteiger partial charge in [0.15, 0.2) is 0 Å². The predicted octanol–water partition coefficient (Wildman–Crippen LogP) is 2.60. The largest absolute Gasteiger partial charge is 0.361 e. The average Bonchev–Trinajstić information content (AvgIpc) is 3.54. The Morgan fingerprint density at radius 2 is 1.36 bits per heavy atom. The number of amides is 2. The monoisotopic (exact) mass is 441 g/mol. The maximum absolute atomic E-state index is 14.2. The van der Waals surface area contributed by atoms with Crippen molar-refractivity contribution in [2.45, 2.75) is 11.8 Å². The minimum Gasteiger partial charge on any atom is -0.361 e. The van der Waals surface area contributed by atoms with Crippen molar-refractivity contribution in [3.05, 3.63) is 72.1 Å². The Kier molecular flexibility index (Phi) is 4.81. The van der Waals surface area contributed by atoms with E-state index in [1.165, 1.54) is 4.90 Å². The van der Waals surface area contributed by atoms with Crippen LogP contribution in [0.3, 0.4) is 0 Å². The number of hydrogen-bond donors (Lipinski definition) is 3. The molecule has 7 nitrogen and oxygen atoms in total. The number of carbonyl (C=O) groups excluding carboxylic acids is 2. The van der Waals surface area contributed by atoms with Gasteiger partial charge in [-0.25, -0.2) is 0 Å². The first-order valence-corrected chi connectivity index (χ1v) is 11.6. The highest BCUT2D eigenvalue weighted by Crippen LogP contribution is 2.47. The number of aromatic nitrogens is 2. The molecule has 2 amide bonds. The first kappa shape index (κ1) is 20.2. The molecular formula is C26H27N5O2. The number of nitrogens with one attached hydrogen (secondary N) is 3. The molecule has 0 atom stereocenters. The van der Waals surface area contributed by atoms with E-state index in [-0.39, 0.29) is 18.2 Å². The molecule has 168 valence electrons. The lowest BCUT2D eigenvalue weighted by atomic mass is 9.73. The summed E-state index contributed by atoms with van der Waals surface area (Å²) in [6, 6.07) is 16.0. The summed E-state index contributed by atoms with van der Waals surface area (Å²) in [5, 5.41) is 5.31. The number of para-hydroxylation sites is 2. The fourth-order valence-electron chi connectivity index (χ4n) is 5.56. The maximum Gasteiger partial charge on any atom is 0.245 e. The van der Waals surface area contributed by atoms with E-state index in [9.17, 15) is 9.59 Å². The number of H-pyrrole nitrogens is 2. The summed E-state index contributed by atoms with van der Waals surface area (Å²) in [6.07, 6.45) is 3.96. The SMILES string of the molecule is O=C1CC(c2c[nH]c3ccccc23)(c2c[nH]c3ccccc23)C(=O)N1CCN1CCNCC1. The zero-order valence-electron chi connectivity index (χ0n) is 18.4. The van der Waals surface area contributed by atoms with E-state index in [2.05, 4.69) is 20.2 Å². The highest BCUT2D eigenvalue weighted by molar-refractivity contribution is 6.14. The predicted molar refractivity (Wildman–Crippen MR) is 128 cm³/mol. The van der Waals surface area contributed by atoms with E-state index < -0.39 is 5.41 Å². The van der Waals surface area contributed by atoms with Gasteiger partial charge in [0.2, 0.25) is 11.8 Å².